The highest BCUT2D eigenvalue weighted by Gasteiger charge is 2.25. The van der Waals surface area contributed by atoms with Crippen molar-refractivity contribution in [1.82, 2.24) is 0 Å². The maximum atomic E-state index is 13.3. The van der Waals surface area contributed by atoms with Crippen LogP contribution in [0.4, 0.5) is 9.39 Å². The van der Waals surface area contributed by atoms with Gasteiger partial charge in [0.05, 0.1) is 11.6 Å². The van der Waals surface area contributed by atoms with E-state index in [0.717, 1.165) is 21.3 Å². The smallest absolute Gasteiger partial charge is 0.341 e. The lowest BCUT2D eigenvalue weighted by Crippen LogP contribution is -2.21. The molecule has 0 bridgehead atoms. The number of rotatable bonds is 7. The van der Waals surface area contributed by atoms with Crippen LogP contribution in [0.5, 0.6) is 5.75 Å². The molecule has 2 aromatic carbocycles. The normalized spacial score (nSPS) is 10.6. The average Bonchev–Trinajstić information content (AvgIpc) is 3.08. The topological polar surface area (TPSA) is 64.6 Å². The van der Waals surface area contributed by atoms with Crippen LogP contribution < -0.4 is 10.1 Å². The minimum atomic E-state index is -0.585. The van der Waals surface area contributed by atoms with Gasteiger partial charge in [0.2, 0.25) is 0 Å². The molecule has 1 amide bonds. The van der Waals surface area contributed by atoms with Crippen LogP contribution in [0.2, 0.25) is 0 Å². The second-order valence-electron chi connectivity index (χ2n) is 6.69. The summed E-state index contributed by atoms with van der Waals surface area (Å²) < 4.78 is 24.7. The fourth-order valence-corrected chi connectivity index (χ4v) is 4.70. The Bertz CT molecular complexity index is 1110. The molecule has 1 heterocycles. The Balaban J connectivity index is 1.82. The zero-order valence-corrected chi connectivity index (χ0v) is 19.7. The number of amides is 1. The van der Waals surface area contributed by atoms with Gasteiger partial charge in [-0.15, -0.1) is 11.3 Å². The zero-order valence-electron chi connectivity index (χ0n) is 17.3. The van der Waals surface area contributed by atoms with Crippen molar-refractivity contribution in [3.63, 3.8) is 0 Å². The highest BCUT2D eigenvalue weighted by molar-refractivity contribution is 9.10. The molecule has 0 saturated carbocycles. The molecule has 3 aromatic rings. The molecule has 0 atom stereocenters. The Morgan fingerprint density at radius 2 is 1.87 bits per heavy atom. The molecule has 0 aliphatic carbocycles. The third kappa shape index (κ3) is 5.32. The van der Waals surface area contributed by atoms with Crippen molar-refractivity contribution in [3.05, 3.63) is 68.8 Å². The minimum absolute atomic E-state index is 0.229. The van der Waals surface area contributed by atoms with Crippen molar-refractivity contribution in [2.75, 3.05) is 19.0 Å². The number of esters is 1. The molecule has 162 valence electrons. The first-order valence-corrected chi connectivity index (χ1v) is 11.1. The fraction of sp³-hybridized carbons (Fsp3) is 0.217. The number of aryl methyl sites for hydroxylation is 2. The molecule has 0 unspecified atom stereocenters. The number of nitrogens with one attached hydrogen (secondary N) is 1. The van der Waals surface area contributed by atoms with E-state index in [9.17, 15) is 14.0 Å². The lowest BCUT2D eigenvalue weighted by molar-refractivity contribution is -0.118. The second kappa shape index (κ2) is 10.1. The third-order valence-corrected chi connectivity index (χ3v) is 6.26. The van der Waals surface area contributed by atoms with Gasteiger partial charge < -0.3 is 14.8 Å². The van der Waals surface area contributed by atoms with E-state index in [2.05, 4.69) is 28.2 Å². The number of carbonyl (C=O) groups is 2. The van der Waals surface area contributed by atoms with Gasteiger partial charge in [0, 0.05) is 10.4 Å². The summed E-state index contributed by atoms with van der Waals surface area (Å²) in [6.45, 7) is 3.65. The van der Waals surface area contributed by atoms with Gasteiger partial charge in [0.15, 0.2) is 6.61 Å². The molecule has 0 aliphatic heterocycles. The Labute approximate surface area is 192 Å². The van der Waals surface area contributed by atoms with Crippen LogP contribution in [0.3, 0.4) is 0 Å². The monoisotopic (exact) mass is 505 g/mol. The maximum Gasteiger partial charge on any atom is 0.341 e. The first-order valence-electron chi connectivity index (χ1n) is 9.52. The van der Waals surface area contributed by atoms with Crippen LogP contribution in [0, 0.1) is 12.7 Å². The first kappa shape index (κ1) is 23.0. The van der Waals surface area contributed by atoms with Crippen molar-refractivity contribution in [3.8, 4) is 16.9 Å². The summed E-state index contributed by atoms with van der Waals surface area (Å²) in [6.07, 6.45) is 0.893. The maximum absolute atomic E-state index is 13.3. The van der Waals surface area contributed by atoms with Gasteiger partial charge in [-0.05, 0) is 64.7 Å². The van der Waals surface area contributed by atoms with Crippen molar-refractivity contribution in [1.29, 1.82) is 0 Å². The number of hydrogen-bond donors (Lipinski definition) is 1. The molecular formula is C23H21BrFNO4S. The van der Waals surface area contributed by atoms with Gasteiger partial charge in [-0.3, -0.25) is 4.79 Å². The van der Waals surface area contributed by atoms with Gasteiger partial charge in [-0.25, -0.2) is 9.18 Å². The molecule has 1 aromatic heterocycles. The molecule has 0 aliphatic rings. The van der Waals surface area contributed by atoms with E-state index in [-0.39, 0.29) is 18.0 Å². The Hall–Kier alpha value is -2.71. The van der Waals surface area contributed by atoms with E-state index in [4.69, 9.17) is 9.47 Å². The van der Waals surface area contributed by atoms with Crippen LogP contribution in [-0.4, -0.2) is 25.6 Å². The Morgan fingerprint density at radius 1 is 1.16 bits per heavy atom. The van der Waals surface area contributed by atoms with Crippen molar-refractivity contribution < 1.29 is 23.5 Å². The highest BCUT2D eigenvalue weighted by Crippen LogP contribution is 2.40. The molecule has 0 saturated heterocycles. The highest BCUT2D eigenvalue weighted by atomic mass is 79.9. The number of benzene rings is 2. The molecular weight excluding hydrogens is 485 g/mol. The van der Waals surface area contributed by atoms with Crippen molar-refractivity contribution in [2.24, 2.45) is 0 Å². The molecule has 0 fully saturated rings. The lowest BCUT2D eigenvalue weighted by atomic mass is 10.0. The van der Waals surface area contributed by atoms with Gasteiger partial charge >= 0.3 is 5.97 Å². The fourth-order valence-electron chi connectivity index (χ4n) is 3.08. The summed E-state index contributed by atoms with van der Waals surface area (Å²) in [5.41, 5.74) is 2.64. The molecule has 0 radical (unpaired) electrons. The standard InChI is InChI=1S/C23H21BrFNO4S/c1-4-14-5-10-18(17(24)11-14)30-12-19(27)26-22-21(23(28)29-3)20(13(2)31-22)15-6-8-16(25)9-7-15/h5-11H,4,12H2,1-3H3,(H,26,27). The number of carbonyl (C=O) groups excluding carboxylic acids is 2. The van der Waals surface area contributed by atoms with Crippen LogP contribution in [-0.2, 0) is 16.0 Å². The summed E-state index contributed by atoms with van der Waals surface area (Å²) in [4.78, 5) is 25.8. The van der Waals surface area contributed by atoms with Gasteiger partial charge in [-0.1, -0.05) is 25.1 Å². The van der Waals surface area contributed by atoms with E-state index in [0.29, 0.717) is 21.9 Å². The number of anilines is 1. The van der Waals surface area contributed by atoms with Crippen LogP contribution in [0.15, 0.2) is 46.9 Å². The molecule has 1 N–H and O–H groups in total. The zero-order chi connectivity index (χ0) is 22.5. The Morgan fingerprint density at radius 3 is 2.48 bits per heavy atom. The molecule has 8 heteroatoms. The number of methoxy groups -OCH3 is 1. The number of ether oxygens (including phenoxy) is 2. The van der Waals surface area contributed by atoms with Crippen molar-refractivity contribution >= 4 is 44.1 Å². The van der Waals surface area contributed by atoms with E-state index in [1.54, 1.807) is 18.2 Å². The van der Waals surface area contributed by atoms with E-state index < -0.39 is 11.9 Å². The predicted molar refractivity (Wildman–Crippen MR) is 123 cm³/mol. The largest absolute Gasteiger partial charge is 0.483 e. The molecule has 31 heavy (non-hydrogen) atoms. The van der Waals surface area contributed by atoms with Gasteiger partial charge in [-0.2, -0.15) is 0 Å². The lowest BCUT2D eigenvalue weighted by Gasteiger charge is -2.10. The van der Waals surface area contributed by atoms with Gasteiger partial charge in [0.25, 0.3) is 5.91 Å². The molecule has 0 spiro atoms. The summed E-state index contributed by atoms with van der Waals surface area (Å²) in [6, 6.07) is 11.5. The second-order valence-corrected chi connectivity index (χ2v) is 8.77. The summed E-state index contributed by atoms with van der Waals surface area (Å²) >= 11 is 4.70. The van der Waals surface area contributed by atoms with Crippen LogP contribution in [0.1, 0.15) is 27.7 Å². The third-order valence-electron chi connectivity index (χ3n) is 4.62. The number of thiophene rings is 1. The molecule has 3 rings (SSSR count). The van der Waals surface area contributed by atoms with E-state index in [1.807, 2.05) is 19.1 Å². The number of halogens is 2. The van der Waals surface area contributed by atoms with Crippen LogP contribution in [0.25, 0.3) is 11.1 Å². The first-order chi connectivity index (χ1) is 14.8. The van der Waals surface area contributed by atoms with E-state index in [1.165, 1.54) is 30.6 Å². The number of hydrogen-bond acceptors (Lipinski definition) is 5. The predicted octanol–water partition coefficient (Wildman–Crippen LogP) is 5.99. The summed E-state index contributed by atoms with van der Waals surface area (Å²) in [5, 5.41) is 3.10. The summed E-state index contributed by atoms with van der Waals surface area (Å²) in [7, 11) is 1.27. The minimum Gasteiger partial charge on any atom is -0.483 e. The van der Waals surface area contributed by atoms with E-state index >= 15 is 0 Å². The molecule has 5 nitrogen and oxygen atoms in total. The average molecular weight is 506 g/mol. The van der Waals surface area contributed by atoms with Crippen molar-refractivity contribution in [2.45, 2.75) is 20.3 Å². The Kier molecular flexibility index (Phi) is 7.46. The summed E-state index contributed by atoms with van der Waals surface area (Å²) in [5.74, 6) is -0.823. The van der Waals surface area contributed by atoms with Gasteiger partial charge in [0.1, 0.15) is 22.1 Å². The SMILES string of the molecule is CCc1ccc(OCC(=O)Nc2sc(C)c(-c3ccc(F)cc3)c2C(=O)OC)c(Br)c1. The quantitative estimate of drug-likeness (QED) is 0.400. The van der Waals surface area contributed by atoms with Crippen LogP contribution >= 0.6 is 27.3 Å².